The fourth-order valence-electron chi connectivity index (χ4n) is 1.55. The van der Waals surface area contributed by atoms with Crippen LogP contribution >= 0.6 is 11.3 Å². The van der Waals surface area contributed by atoms with Crippen molar-refractivity contribution >= 4 is 27.5 Å². The molecule has 2 aromatic rings. The van der Waals surface area contributed by atoms with Crippen LogP contribution in [0.25, 0.3) is 0 Å². The Morgan fingerprint density at radius 3 is 2.71 bits per heavy atom. The van der Waals surface area contributed by atoms with Crippen LogP contribution in [0, 0.1) is 0 Å². The normalized spacial score (nSPS) is 10.0. The van der Waals surface area contributed by atoms with Crippen molar-refractivity contribution in [1.29, 1.82) is 0 Å². The Morgan fingerprint density at radius 1 is 1.29 bits per heavy atom. The number of methoxy groups -OCH3 is 1. The Labute approximate surface area is 126 Å². The van der Waals surface area contributed by atoms with Crippen LogP contribution in [0.1, 0.15) is 5.56 Å². The zero-order chi connectivity index (χ0) is 15.1. The Bertz CT molecular complexity index is 585. The Hall–Kier alpha value is -2.32. The summed E-state index contributed by atoms with van der Waals surface area (Å²) in [5.41, 5.74) is 3.62. The number of urea groups is 1. The number of hydrogen-bond donors (Lipinski definition) is 3. The molecule has 0 fully saturated rings. The van der Waals surface area contributed by atoms with Crippen LogP contribution in [0.3, 0.4) is 0 Å². The Morgan fingerprint density at radius 2 is 2.05 bits per heavy atom. The molecule has 1 heterocycles. The van der Waals surface area contributed by atoms with E-state index in [1.165, 1.54) is 18.4 Å². The maximum Gasteiger partial charge on any atom is 0.321 e. The van der Waals surface area contributed by atoms with Crippen molar-refractivity contribution in [2.75, 3.05) is 25.0 Å². The van der Waals surface area contributed by atoms with Crippen LogP contribution in [-0.4, -0.2) is 25.2 Å². The molecule has 21 heavy (non-hydrogen) atoms. The van der Waals surface area contributed by atoms with Gasteiger partial charge in [-0.05, 0) is 17.7 Å². The first-order valence-corrected chi connectivity index (χ1v) is 6.95. The summed E-state index contributed by atoms with van der Waals surface area (Å²) in [7, 11) is 3.12. The number of nitrogens with zero attached hydrogens (tertiary/aromatic N) is 1. The molecule has 0 aliphatic carbocycles. The van der Waals surface area contributed by atoms with E-state index in [2.05, 4.69) is 21.1 Å². The lowest BCUT2D eigenvalue weighted by atomic mass is 10.2. The molecule has 0 saturated heterocycles. The van der Waals surface area contributed by atoms with E-state index in [0.29, 0.717) is 16.7 Å². The van der Waals surface area contributed by atoms with Gasteiger partial charge in [-0.1, -0.05) is 23.5 Å². The second-order valence-corrected chi connectivity index (χ2v) is 5.02. The van der Waals surface area contributed by atoms with Gasteiger partial charge in [0.25, 0.3) is 0 Å². The summed E-state index contributed by atoms with van der Waals surface area (Å²) in [6, 6.07) is 7.16. The third-order valence-electron chi connectivity index (χ3n) is 2.54. The molecule has 0 aliphatic rings. The molecule has 0 unspecified atom stereocenters. The zero-order valence-electron chi connectivity index (χ0n) is 11.7. The van der Waals surface area contributed by atoms with E-state index in [-0.39, 0.29) is 6.03 Å². The van der Waals surface area contributed by atoms with Crippen LogP contribution in [-0.2, 0) is 11.4 Å². The average molecular weight is 308 g/mol. The summed E-state index contributed by atoms with van der Waals surface area (Å²) in [4.78, 5) is 20.5. The summed E-state index contributed by atoms with van der Waals surface area (Å²) in [6.45, 7) is 0.421. The number of ether oxygens (including phenoxy) is 1. The molecule has 0 saturated carbocycles. The summed E-state index contributed by atoms with van der Waals surface area (Å²) >= 11 is 1.28. The first-order valence-electron chi connectivity index (χ1n) is 6.14. The van der Waals surface area contributed by atoms with Gasteiger partial charge in [0.05, 0.1) is 20.4 Å². The lowest BCUT2D eigenvalue weighted by Crippen LogP contribution is -2.28. The van der Waals surface area contributed by atoms with E-state index in [0.717, 1.165) is 11.3 Å². The van der Waals surface area contributed by atoms with E-state index in [1.807, 2.05) is 24.3 Å². The minimum atomic E-state index is -0.316. The van der Waals surface area contributed by atoms with Crippen molar-refractivity contribution in [3.63, 3.8) is 0 Å². The highest BCUT2D eigenvalue weighted by Gasteiger charge is 2.06. The second-order valence-electron chi connectivity index (χ2n) is 3.99. The molecule has 8 heteroatoms. The maximum atomic E-state index is 11.7. The van der Waals surface area contributed by atoms with E-state index in [4.69, 9.17) is 9.57 Å². The van der Waals surface area contributed by atoms with Crippen molar-refractivity contribution in [3.8, 4) is 5.75 Å². The lowest BCUT2D eigenvalue weighted by Gasteiger charge is -2.06. The van der Waals surface area contributed by atoms with Gasteiger partial charge in [0.2, 0.25) is 0 Å². The van der Waals surface area contributed by atoms with Crippen molar-refractivity contribution < 1.29 is 14.4 Å². The van der Waals surface area contributed by atoms with E-state index in [1.54, 1.807) is 13.3 Å². The number of rotatable bonds is 6. The minimum absolute atomic E-state index is 0.316. The number of carbonyl (C=O) groups is 1. The molecule has 0 atom stereocenters. The molecule has 7 nitrogen and oxygen atoms in total. The maximum absolute atomic E-state index is 11.7. The summed E-state index contributed by atoms with van der Waals surface area (Å²) in [5.74, 6) is 0.782. The van der Waals surface area contributed by atoms with Gasteiger partial charge in [-0.25, -0.2) is 9.78 Å². The molecule has 2 rings (SSSR count). The highest BCUT2D eigenvalue weighted by atomic mass is 32.1. The lowest BCUT2D eigenvalue weighted by molar-refractivity contribution is 0.251. The Kier molecular flexibility index (Phi) is 5.35. The zero-order valence-corrected chi connectivity index (χ0v) is 12.5. The molecule has 2 amide bonds. The third kappa shape index (κ3) is 4.62. The number of hydrogen-bond acceptors (Lipinski definition) is 6. The number of benzene rings is 1. The molecule has 0 radical (unpaired) electrons. The predicted octanol–water partition coefficient (Wildman–Crippen LogP) is 2.45. The highest BCUT2D eigenvalue weighted by Crippen LogP contribution is 2.22. The number of nitrogens with one attached hydrogen (secondary N) is 3. The van der Waals surface area contributed by atoms with Gasteiger partial charge in [0.15, 0.2) is 5.13 Å². The quantitative estimate of drug-likeness (QED) is 0.714. The monoisotopic (exact) mass is 308 g/mol. The van der Waals surface area contributed by atoms with E-state index in [9.17, 15) is 4.79 Å². The van der Waals surface area contributed by atoms with Gasteiger partial charge >= 0.3 is 6.03 Å². The molecule has 0 spiro atoms. The molecular formula is C13H16N4O3S. The standard InChI is InChI=1S/C13H16N4O3S/c1-19-10-5-3-9(4-6-10)7-14-12(18)16-13-15-8-11(21-13)17-20-2/h3-6,8,17H,7H2,1-2H3,(H2,14,15,16,18). The minimum Gasteiger partial charge on any atom is -0.497 e. The van der Waals surface area contributed by atoms with Gasteiger partial charge in [-0.3, -0.25) is 15.6 Å². The molecule has 1 aromatic heterocycles. The van der Waals surface area contributed by atoms with Gasteiger partial charge < -0.3 is 10.1 Å². The first-order chi connectivity index (χ1) is 10.2. The predicted molar refractivity (Wildman–Crippen MR) is 81.6 cm³/mol. The van der Waals surface area contributed by atoms with Crippen LogP contribution in [0.2, 0.25) is 0 Å². The number of aromatic nitrogens is 1. The number of thiazole rings is 1. The van der Waals surface area contributed by atoms with E-state index < -0.39 is 0 Å². The molecule has 112 valence electrons. The fraction of sp³-hybridized carbons (Fsp3) is 0.231. The van der Waals surface area contributed by atoms with Crippen molar-refractivity contribution in [2.45, 2.75) is 6.54 Å². The van der Waals surface area contributed by atoms with Gasteiger partial charge in [-0.2, -0.15) is 0 Å². The van der Waals surface area contributed by atoms with Crippen LogP contribution in [0.4, 0.5) is 14.9 Å². The van der Waals surface area contributed by atoms with Crippen LogP contribution < -0.4 is 20.9 Å². The summed E-state index contributed by atoms with van der Waals surface area (Å²) in [6.07, 6.45) is 1.58. The van der Waals surface area contributed by atoms with Gasteiger partial charge in [0, 0.05) is 6.54 Å². The number of anilines is 2. The SMILES string of the molecule is CONc1cnc(NC(=O)NCc2ccc(OC)cc2)s1. The van der Waals surface area contributed by atoms with Crippen LogP contribution in [0.5, 0.6) is 5.75 Å². The van der Waals surface area contributed by atoms with Gasteiger partial charge in [-0.15, -0.1) is 0 Å². The fourth-order valence-corrected chi connectivity index (χ4v) is 2.23. The molecule has 0 bridgehead atoms. The third-order valence-corrected chi connectivity index (χ3v) is 3.35. The Balaban J connectivity index is 1.80. The highest BCUT2D eigenvalue weighted by molar-refractivity contribution is 7.19. The largest absolute Gasteiger partial charge is 0.497 e. The van der Waals surface area contributed by atoms with E-state index >= 15 is 0 Å². The topological polar surface area (TPSA) is 84.5 Å². The summed E-state index contributed by atoms with van der Waals surface area (Å²) in [5, 5.41) is 6.60. The molecular weight excluding hydrogens is 292 g/mol. The average Bonchev–Trinajstić information content (AvgIpc) is 2.93. The molecule has 0 aliphatic heterocycles. The van der Waals surface area contributed by atoms with Gasteiger partial charge in [0.1, 0.15) is 10.8 Å². The smallest absolute Gasteiger partial charge is 0.321 e. The number of amides is 2. The van der Waals surface area contributed by atoms with Crippen LogP contribution in [0.15, 0.2) is 30.5 Å². The first kappa shape index (κ1) is 15.1. The van der Waals surface area contributed by atoms with Crippen molar-refractivity contribution in [1.82, 2.24) is 10.3 Å². The van der Waals surface area contributed by atoms with Crippen molar-refractivity contribution in [2.24, 2.45) is 0 Å². The van der Waals surface area contributed by atoms with Crippen molar-refractivity contribution in [3.05, 3.63) is 36.0 Å². The summed E-state index contributed by atoms with van der Waals surface area (Å²) < 4.78 is 5.07. The molecule has 3 N–H and O–H groups in total. The molecule has 1 aromatic carbocycles. The number of carbonyl (C=O) groups excluding carboxylic acids is 1. The second kappa shape index (κ2) is 7.46.